The molecule has 7 nitrogen and oxygen atoms in total. The Morgan fingerprint density at radius 1 is 1.43 bits per heavy atom. The van der Waals surface area contributed by atoms with Gasteiger partial charge in [0.1, 0.15) is 10.6 Å². The van der Waals surface area contributed by atoms with Crippen LogP contribution in [-0.2, 0) is 17.1 Å². The number of carbonyl (C=O) groups is 1. The summed E-state index contributed by atoms with van der Waals surface area (Å²) in [6.07, 6.45) is 3.19. The Labute approximate surface area is 124 Å². The SMILES string of the molecule is C[C@@H](CO)NC(=O)c1cc(S(=O)(=O)N2CCCC2)cn1C. The van der Waals surface area contributed by atoms with Crippen molar-refractivity contribution in [1.29, 1.82) is 0 Å². The lowest BCUT2D eigenvalue weighted by Crippen LogP contribution is -2.35. The molecule has 21 heavy (non-hydrogen) atoms. The molecule has 0 aliphatic carbocycles. The van der Waals surface area contributed by atoms with Crippen LogP contribution in [0.3, 0.4) is 0 Å². The first kappa shape index (κ1) is 16.0. The van der Waals surface area contributed by atoms with Gasteiger partial charge in [-0.2, -0.15) is 4.31 Å². The van der Waals surface area contributed by atoms with Crippen molar-refractivity contribution in [3.63, 3.8) is 0 Å². The van der Waals surface area contributed by atoms with Crippen LogP contribution in [-0.4, -0.2) is 54.0 Å². The predicted molar refractivity (Wildman–Crippen MR) is 77.4 cm³/mol. The summed E-state index contributed by atoms with van der Waals surface area (Å²) in [6.45, 7) is 2.55. The minimum absolute atomic E-state index is 0.133. The van der Waals surface area contributed by atoms with Crippen molar-refractivity contribution in [2.24, 2.45) is 7.05 Å². The average Bonchev–Trinajstić information content (AvgIpc) is 3.07. The maximum atomic E-state index is 12.4. The van der Waals surface area contributed by atoms with Gasteiger partial charge in [-0.1, -0.05) is 0 Å². The molecule has 1 aromatic heterocycles. The van der Waals surface area contributed by atoms with E-state index in [1.165, 1.54) is 21.1 Å². The lowest BCUT2D eigenvalue weighted by Gasteiger charge is -2.13. The zero-order valence-electron chi connectivity index (χ0n) is 12.2. The molecule has 2 heterocycles. The van der Waals surface area contributed by atoms with Crippen LogP contribution in [0.2, 0.25) is 0 Å². The molecule has 1 fully saturated rings. The third-order valence-electron chi connectivity index (χ3n) is 3.57. The van der Waals surface area contributed by atoms with Crippen molar-refractivity contribution in [2.75, 3.05) is 19.7 Å². The Morgan fingerprint density at radius 3 is 2.62 bits per heavy atom. The Morgan fingerprint density at radius 2 is 2.05 bits per heavy atom. The largest absolute Gasteiger partial charge is 0.394 e. The minimum atomic E-state index is -3.52. The standard InChI is InChI=1S/C13H21N3O4S/c1-10(9-17)14-13(18)12-7-11(8-15(12)2)21(19,20)16-5-3-4-6-16/h7-8,10,17H,3-6,9H2,1-2H3,(H,14,18)/t10-/m0/s1. The Balaban J connectivity index is 2.24. The van der Waals surface area contributed by atoms with Gasteiger partial charge in [0.15, 0.2) is 0 Å². The quantitative estimate of drug-likeness (QED) is 0.795. The van der Waals surface area contributed by atoms with E-state index in [0.29, 0.717) is 13.1 Å². The molecule has 1 atom stereocenters. The number of aliphatic hydroxyl groups excluding tert-OH is 1. The number of aromatic nitrogens is 1. The van der Waals surface area contributed by atoms with E-state index in [0.717, 1.165) is 12.8 Å². The summed E-state index contributed by atoms with van der Waals surface area (Å²) in [4.78, 5) is 12.2. The second kappa shape index (κ2) is 6.17. The van der Waals surface area contributed by atoms with Crippen molar-refractivity contribution < 1.29 is 18.3 Å². The second-order valence-electron chi connectivity index (χ2n) is 5.34. The van der Waals surface area contributed by atoms with E-state index in [1.807, 2.05) is 0 Å². The fourth-order valence-electron chi connectivity index (χ4n) is 2.32. The second-order valence-corrected chi connectivity index (χ2v) is 7.28. The normalized spacial score (nSPS) is 17.9. The first-order valence-corrected chi connectivity index (χ1v) is 8.38. The van der Waals surface area contributed by atoms with Crippen molar-refractivity contribution >= 4 is 15.9 Å². The number of hydrogen-bond acceptors (Lipinski definition) is 4. The van der Waals surface area contributed by atoms with E-state index in [9.17, 15) is 13.2 Å². The third-order valence-corrected chi connectivity index (χ3v) is 5.43. The summed E-state index contributed by atoms with van der Waals surface area (Å²) in [5, 5.41) is 11.6. The van der Waals surface area contributed by atoms with Crippen molar-refractivity contribution in [2.45, 2.75) is 30.7 Å². The molecule has 0 saturated carbocycles. The number of nitrogens with zero attached hydrogens (tertiary/aromatic N) is 2. The maximum Gasteiger partial charge on any atom is 0.268 e. The molecule has 0 unspecified atom stereocenters. The van der Waals surface area contributed by atoms with E-state index in [1.54, 1.807) is 14.0 Å². The molecule has 0 spiro atoms. The molecule has 0 aromatic carbocycles. The first-order chi connectivity index (χ1) is 9.86. The molecule has 2 N–H and O–H groups in total. The molecule has 0 radical (unpaired) electrons. The molecular formula is C13H21N3O4S. The van der Waals surface area contributed by atoms with E-state index < -0.39 is 15.9 Å². The topological polar surface area (TPSA) is 91.6 Å². The molecule has 8 heteroatoms. The van der Waals surface area contributed by atoms with Crippen LogP contribution in [0.15, 0.2) is 17.2 Å². The van der Waals surface area contributed by atoms with E-state index in [4.69, 9.17) is 5.11 Å². The number of amides is 1. The van der Waals surface area contributed by atoms with Gasteiger partial charge >= 0.3 is 0 Å². The van der Waals surface area contributed by atoms with Crippen LogP contribution in [0.25, 0.3) is 0 Å². The van der Waals surface area contributed by atoms with Crippen molar-refractivity contribution in [3.8, 4) is 0 Å². The van der Waals surface area contributed by atoms with Crippen LogP contribution >= 0.6 is 0 Å². The van der Waals surface area contributed by atoms with Gasteiger partial charge in [-0.3, -0.25) is 4.79 Å². The van der Waals surface area contributed by atoms with E-state index >= 15 is 0 Å². The predicted octanol–water partition coefficient (Wildman–Crippen LogP) is -0.0798. The monoisotopic (exact) mass is 315 g/mol. The molecule has 1 aliphatic heterocycles. The zero-order chi connectivity index (χ0) is 15.6. The smallest absolute Gasteiger partial charge is 0.268 e. The van der Waals surface area contributed by atoms with Crippen LogP contribution in [0.4, 0.5) is 0 Å². The molecular weight excluding hydrogens is 294 g/mol. The molecule has 1 saturated heterocycles. The number of rotatable bonds is 5. The first-order valence-electron chi connectivity index (χ1n) is 6.94. The molecule has 118 valence electrons. The minimum Gasteiger partial charge on any atom is -0.394 e. The van der Waals surface area contributed by atoms with Crippen LogP contribution in [0.1, 0.15) is 30.3 Å². The lowest BCUT2D eigenvalue weighted by molar-refractivity contribution is 0.0914. The zero-order valence-corrected chi connectivity index (χ0v) is 13.1. The molecule has 1 aromatic rings. The van der Waals surface area contributed by atoms with Gasteiger partial charge in [0, 0.05) is 32.4 Å². The van der Waals surface area contributed by atoms with Crippen LogP contribution in [0, 0.1) is 0 Å². The van der Waals surface area contributed by atoms with E-state index in [-0.39, 0.29) is 23.2 Å². The highest BCUT2D eigenvalue weighted by Gasteiger charge is 2.29. The van der Waals surface area contributed by atoms with Gasteiger partial charge in [-0.15, -0.1) is 0 Å². The fraction of sp³-hybridized carbons (Fsp3) is 0.615. The highest BCUT2D eigenvalue weighted by Crippen LogP contribution is 2.22. The number of sulfonamides is 1. The maximum absolute atomic E-state index is 12.4. The summed E-state index contributed by atoms with van der Waals surface area (Å²) in [5.41, 5.74) is 0.257. The summed E-state index contributed by atoms with van der Waals surface area (Å²) in [6, 6.07) is 0.999. The number of aryl methyl sites for hydroxylation is 1. The highest BCUT2D eigenvalue weighted by atomic mass is 32.2. The molecule has 1 amide bonds. The van der Waals surface area contributed by atoms with Gasteiger partial charge in [0.2, 0.25) is 10.0 Å². The summed E-state index contributed by atoms with van der Waals surface area (Å²) in [7, 11) is -1.90. The third kappa shape index (κ3) is 3.28. The van der Waals surface area contributed by atoms with Gasteiger partial charge < -0.3 is 15.0 Å². The summed E-state index contributed by atoms with van der Waals surface area (Å²) in [5.74, 6) is -0.401. The van der Waals surface area contributed by atoms with Crippen LogP contribution < -0.4 is 5.32 Å². The number of nitrogens with one attached hydrogen (secondary N) is 1. The Kier molecular flexibility index (Phi) is 4.70. The van der Waals surface area contributed by atoms with E-state index in [2.05, 4.69) is 5.32 Å². The number of hydrogen-bond donors (Lipinski definition) is 2. The fourth-order valence-corrected chi connectivity index (χ4v) is 3.91. The molecule has 1 aliphatic rings. The van der Waals surface area contributed by atoms with Crippen molar-refractivity contribution in [3.05, 3.63) is 18.0 Å². The van der Waals surface area contributed by atoms with Gasteiger partial charge in [-0.25, -0.2) is 8.42 Å². The van der Waals surface area contributed by atoms with Crippen molar-refractivity contribution in [1.82, 2.24) is 14.2 Å². The van der Waals surface area contributed by atoms with Crippen LogP contribution in [0.5, 0.6) is 0 Å². The van der Waals surface area contributed by atoms with Gasteiger partial charge in [0.25, 0.3) is 5.91 Å². The van der Waals surface area contributed by atoms with Gasteiger partial charge in [-0.05, 0) is 25.8 Å². The van der Waals surface area contributed by atoms with Gasteiger partial charge in [0.05, 0.1) is 6.61 Å². The number of carbonyl (C=O) groups excluding carboxylic acids is 1. The average molecular weight is 315 g/mol. The summed E-state index contributed by atoms with van der Waals surface area (Å²) >= 11 is 0. The Hall–Kier alpha value is -1.38. The highest BCUT2D eigenvalue weighted by molar-refractivity contribution is 7.89. The Bertz CT molecular complexity index is 617. The molecule has 0 bridgehead atoms. The summed E-state index contributed by atoms with van der Waals surface area (Å²) < 4.78 is 27.8. The molecule has 2 rings (SSSR count). The number of aliphatic hydroxyl groups is 1. The lowest BCUT2D eigenvalue weighted by atomic mass is 10.3.